The molecule has 1 aliphatic carbocycles. The van der Waals surface area contributed by atoms with E-state index in [0.29, 0.717) is 6.04 Å². The van der Waals surface area contributed by atoms with E-state index < -0.39 is 0 Å². The fourth-order valence-corrected chi connectivity index (χ4v) is 3.14. The lowest BCUT2D eigenvalue weighted by Gasteiger charge is -2.15. The van der Waals surface area contributed by atoms with Crippen molar-refractivity contribution in [3.8, 4) is 11.4 Å². The Morgan fingerprint density at radius 1 is 1.05 bits per heavy atom. The van der Waals surface area contributed by atoms with Gasteiger partial charge < -0.3 is 4.57 Å². The second-order valence-electron chi connectivity index (χ2n) is 5.33. The molecule has 0 saturated heterocycles. The Labute approximate surface area is 117 Å². The van der Waals surface area contributed by atoms with Crippen LogP contribution in [0.2, 0.25) is 0 Å². The van der Waals surface area contributed by atoms with Crippen LogP contribution in [0.4, 0.5) is 0 Å². The van der Waals surface area contributed by atoms with Crippen molar-refractivity contribution in [3.05, 3.63) is 42.9 Å². The molecule has 0 amide bonds. The molecule has 3 aromatic heterocycles. The lowest BCUT2D eigenvalue weighted by atomic mass is 10.2. The number of rotatable bonds is 2. The molecule has 0 bridgehead atoms. The lowest BCUT2D eigenvalue weighted by molar-refractivity contribution is 0.534. The molecule has 0 unspecified atom stereocenters. The van der Waals surface area contributed by atoms with Crippen LogP contribution in [-0.2, 0) is 0 Å². The molecule has 1 aliphatic rings. The number of nitrogens with zero attached hydrogens (tertiary/aromatic N) is 4. The summed E-state index contributed by atoms with van der Waals surface area (Å²) >= 11 is 0. The zero-order chi connectivity index (χ0) is 13.4. The molecule has 3 aromatic rings. The van der Waals surface area contributed by atoms with Gasteiger partial charge in [-0.1, -0.05) is 12.8 Å². The SMILES string of the molecule is c1cncc(-c2nc3cccnc3n2C2CCCC2)c1. The predicted octanol–water partition coefficient (Wildman–Crippen LogP) is 3.61. The fourth-order valence-electron chi connectivity index (χ4n) is 3.14. The molecule has 3 heterocycles. The largest absolute Gasteiger partial charge is 0.306 e. The van der Waals surface area contributed by atoms with E-state index in [1.54, 1.807) is 6.20 Å². The number of fused-ring (bicyclic) bond motifs is 1. The van der Waals surface area contributed by atoms with Gasteiger partial charge >= 0.3 is 0 Å². The highest BCUT2D eigenvalue weighted by Crippen LogP contribution is 2.35. The summed E-state index contributed by atoms with van der Waals surface area (Å²) < 4.78 is 2.32. The molecular formula is C16H16N4. The first-order chi connectivity index (χ1) is 9.93. The molecule has 4 nitrogen and oxygen atoms in total. The van der Waals surface area contributed by atoms with E-state index >= 15 is 0 Å². The average molecular weight is 264 g/mol. The number of pyridine rings is 2. The van der Waals surface area contributed by atoms with E-state index in [4.69, 9.17) is 4.98 Å². The van der Waals surface area contributed by atoms with Gasteiger partial charge in [0.1, 0.15) is 11.3 Å². The van der Waals surface area contributed by atoms with E-state index in [2.05, 4.69) is 20.6 Å². The molecule has 1 saturated carbocycles. The van der Waals surface area contributed by atoms with Crippen LogP contribution >= 0.6 is 0 Å². The summed E-state index contributed by atoms with van der Waals surface area (Å²) in [7, 11) is 0. The second kappa shape index (κ2) is 4.71. The van der Waals surface area contributed by atoms with Gasteiger partial charge in [-0.05, 0) is 37.1 Å². The molecule has 0 aromatic carbocycles. The third kappa shape index (κ3) is 1.80. The molecule has 0 N–H and O–H groups in total. The Bertz CT molecular complexity index is 727. The molecule has 0 aliphatic heterocycles. The minimum absolute atomic E-state index is 0.519. The van der Waals surface area contributed by atoms with Crippen LogP contribution in [0.5, 0.6) is 0 Å². The number of hydrogen-bond acceptors (Lipinski definition) is 3. The first-order valence-electron chi connectivity index (χ1n) is 7.17. The zero-order valence-electron chi connectivity index (χ0n) is 11.2. The van der Waals surface area contributed by atoms with Crippen LogP contribution < -0.4 is 0 Å². The van der Waals surface area contributed by atoms with Gasteiger partial charge in [0.2, 0.25) is 0 Å². The van der Waals surface area contributed by atoms with Crippen molar-refractivity contribution in [2.75, 3.05) is 0 Å². The van der Waals surface area contributed by atoms with Gasteiger partial charge in [-0.15, -0.1) is 0 Å². The third-order valence-corrected chi connectivity index (χ3v) is 4.06. The monoisotopic (exact) mass is 264 g/mol. The zero-order valence-corrected chi connectivity index (χ0v) is 11.2. The molecule has 4 rings (SSSR count). The number of imidazole rings is 1. The molecule has 20 heavy (non-hydrogen) atoms. The Morgan fingerprint density at radius 3 is 2.70 bits per heavy atom. The smallest absolute Gasteiger partial charge is 0.160 e. The molecule has 1 fully saturated rings. The van der Waals surface area contributed by atoms with Crippen LogP contribution in [-0.4, -0.2) is 19.5 Å². The van der Waals surface area contributed by atoms with E-state index in [9.17, 15) is 0 Å². The molecule has 0 atom stereocenters. The molecule has 0 radical (unpaired) electrons. The van der Waals surface area contributed by atoms with Gasteiger partial charge in [0.25, 0.3) is 0 Å². The van der Waals surface area contributed by atoms with Gasteiger partial charge in [0.15, 0.2) is 5.65 Å². The Morgan fingerprint density at radius 2 is 1.90 bits per heavy atom. The summed E-state index contributed by atoms with van der Waals surface area (Å²) in [5, 5.41) is 0. The van der Waals surface area contributed by atoms with E-state index in [-0.39, 0.29) is 0 Å². The van der Waals surface area contributed by atoms with Crippen molar-refractivity contribution in [2.24, 2.45) is 0 Å². The van der Waals surface area contributed by atoms with Crippen LogP contribution in [0.1, 0.15) is 31.7 Å². The summed E-state index contributed by atoms with van der Waals surface area (Å²) in [6.07, 6.45) is 10.6. The minimum atomic E-state index is 0.519. The van der Waals surface area contributed by atoms with Crippen LogP contribution in [0, 0.1) is 0 Å². The standard InChI is InChI=1S/C16H16N4/c1-2-7-13(6-1)20-15(12-5-3-9-17-11-12)19-14-8-4-10-18-16(14)20/h3-5,8-11,13H,1-2,6-7H2. The maximum Gasteiger partial charge on any atom is 0.160 e. The van der Waals surface area contributed by atoms with Gasteiger partial charge in [-0.25, -0.2) is 9.97 Å². The highest BCUT2D eigenvalue weighted by atomic mass is 15.2. The van der Waals surface area contributed by atoms with Crippen LogP contribution in [0.15, 0.2) is 42.9 Å². The quantitative estimate of drug-likeness (QED) is 0.710. The minimum Gasteiger partial charge on any atom is -0.306 e. The van der Waals surface area contributed by atoms with Gasteiger partial charge in [-0.2, -0.15) is 0 Å². The van der Waals surface area contributed by atoms with Gasteiger partial charge in [0, 0.05) is 30.2 Å². The van der Waals surface area contributed by atoms with Crippen molar-refractivity contribution in [1.29, 1.82) is 0 Å². The Kier molecular flexibility index (Phi) is 2.73. The number of hydrogen-bond donors (Lipinski definition) is 0. The van der Waals surface area contributed by atoms with Gasteiger partial charge in [-0.3, -0.25) is 4.98 Å². The van der Waals surface area contributed by atoms with Crippen molar-refractivity contribution >= 4 is 11.2 Å². The molecule has 4 heteroatoms. The highest BCUT2D eigenvalue weighted by Gasteiger charge is 2.23. The average Bonchev–Trinajstić information content (AvgIpc) is 3.14. The summed E-state index contributed by atoms with van der Waals surface area (Å²) in [6, 6.07) is 8.53. The topological polar surface area (TPSA) is 43.6 Å². The first-order valence-corrected chi connectivity index (χ1v) is 7.17. The summed E-state index contributed by atoms with van der Waals surface area (Å²) in [5.74, 6) is 0.999. The van der Waals surface area contributed by atoms with E-state index in [0.717, 1.165) is 22.6 Å². The summed E-state index contributed by atoms with van der Waals surface area (Å²) in [6.45, 7) is 0. The van der Waals surface area contributed by atoms with Crippen molar-refractivity contribution in [3.63, 3.8) is 0 Å². The second-order valence-corrected chi connectivity index (χ2v) is 5.33. The van der Waals surface area contributed by atoms with Crippen LogP contribution in [0.25, 0.3) is 22.6 Å². The van der Waals surface area contributed by atoms with Crippen molar-refractivity contribution in [1.82, 2.24) is 19.5 Å². The fraction of sp³-hybridized carbons (Fsp3) is 0.312. The van der Waals surface area contributed by atoms with Crippen LogP contribution in [0.3, 0.4) is 0 Å². The first kappa shape index (κ1) is 11.6. The Balaban J connectivity index is 1.97. The summed E-state index contributed by atoms with van der Waals surface area (Å²) in [4.78, 5) is 13.6. The van der Waals surface area contributed by atoms with E-state index in [1.807, 2.05) is 30.6 Å². The Hall–Kier alpha value is -2.23. The third-order valence-electron chi connectivity index (χ3n) is 4.06. The lowest BCUT2D eigenvalue weighted by Crippen LogP contribution is -2.07. The molecule has 100 valence electrons. The molecular weight excluding hydrogens is 248 g/mol. The van der Waals surface area contributed by atoms with Crippen molar-refractivity contribution < 1.29 is 0 Å². The highest BCUT2D eigenvalue weighted by molar-refractivity contribution is 5.77. The normalized spacial score (nSPS) is 16.0. The maximum atomic E-state index is 4.79. The molecule has 0 spiro atoms. The van der Waals surface area contributed by atoms with E-state index in [1.165, 1.54) is 25.7 Å². The number of aromatic nitrogens is 4. The van der Waals surface area contributed by atoms with Gasteiger partial charge in [0.05, 0.1) is 0 Å². The maximum absolute atomic E-state index is 4.79. The summed E-state index contributed by atoms with van der Waals surface area (Å²) in [5.41, 5.74) is 3.04. The predicted molar refractivity (Wildman–Crippen MR) is 78.3 cm³/mol. The van der Waals surface area contributed by atoms with Crippen molar-refractivity contribution in [2.45, 2.75) is 31.7 Å².